The van der Waals surface area contributed by atoms with Crippen molar-refractivity contribution in [2.45, 2.75) is 13.0 Å². The van der Waals surface area contributed by atoms with Crippen LogP contribution < -0.4 is 0 Å². The third-order valence-electron chi connectivity index (χ3n) is 4.98. The van der Waals surface area contributed by atoms with Gasteiger partial charge in [0.05, 0.1) is 11.7 Å². The molecule has 1 amide bonds. The molecule has 0 aliphatic rings. The van der Waals surface area contributed by atoms with Crippen LogP contribution in [0.15, 0.2) is 79.4 Å². The first-order chi connectivity index (χ1) is 13.1. The van der Waals surface area contributed by atoms with Crippen LogP contribution in [-0.2, 0) is 0 Å². The highest BCUT2D eigenvalue weighted by molar-refractivity contribution is 6.07. The van der Waals surface area contributed by atoms with E-state index in [1.54, 1.807) is 15.9 Å². The van der Waals surface area contributed by atoms with Gasteiger partial charge in [-0.05, 0) is 41.5 Å². The largest absolute Gasteiger partial charge is 0.335 e. The van der Waals surface area contributed by atoms with Crippen molar-refractivity contribution in [3.63, 3.8) is 0 Å². The Kier molecular flexibility index (Phi) is 4.42. The van der Waals surface area contributed by atoms with Crippen molar-refractivity contribution in [1.29, 1.82) is 0 Å². The van der Waals surface area contributed by atoms with Crippen LogP contribution in [0, 0.1) is 0 Å². The maximum Gasteiger partial charge on any atom is 0.254 e. The maximum atomic E-state index is 13.1. The Hall–Kier alpha value is -3.47. The summed E-state index contributed by atoms with van der Waals surface area (Å²) in [6, 6.07) is 21.8. The lowest BCUT2D eigenvalue weighted by atomic mass is 10.0. The molecule has 1 heterocycles. The number of carbonyl (C=O) groups excluding carboxylic acids is 1. The lowest BCUT2D eigenvalue weighted by Gasteiger charge is -2.26. The molecule has 0 bridgehead atoms. The van der Waals surface area contributed by atoms with Gasteiger partial charge in [0.15, 0.2) is 0 Å². The molecule has 4 rings (SSSR count). The van der Waals surface area contributed by atoms with Crippen LogP contribution in [0.4, 0.5) is 0 Å². The Bertz CT molecular complexity index is 1070. The molecule has 5 nitrogen and oxygen atoms in total. The molecule has 0 saturated carbocycles. The number of nitrogens with zero attached hydrogens (tertiary/aromatic N) is 4. The van der Waals surface area contributed by atoms with E-state index < -0.39 is 0 Å². The number of aromatic nitrogens is 3. The third-order valence-corrected chi connectivity index (χ3v) is 4.98. The predicted octanol–water partition coefficient (Wildman–Crippen LogP) is 4.25. The molecular formula is C22H20N4O. The Morgan fingerprint density at radius 2 is 1.74 bits per heavy atom. The average Bonchev–Trinajstić information content (AvgIpc) is 3.27. The molecule has 0 aliphatic heterocycles. The normalized spacial score (nSPS) is 12.1. The minimum atomic E-state index is -0.0544. The Morgan fingerprint density at radius 3 is 2.48 bits per heavy atom. The molecule has 134 valence electrons. The zero-order valence-corrected chi connectivity index (χ0v) is 15.3. The highest BCUT2D eigenvalue weighted by Crippen LogP contribution is 2.25. The summed E-state index contributed by atoms with van der Waals surface area (Å²) in [6.45, 7) is 2.04. The molecule has 4 aromatic rings. The number of fused-ring (bicyclic) bond motifs is 1. The smallest absolute Gasteiger partial charge is 0.254 e. The molecular weight excluding hydrogens is 336 g/mol. The first kappa shape index (κ1) is 17.0. The average molecular weight is 356 g/mol. The van der Waals surface area contributed by atoms with E-state index >= 15 is 0 Å². The van der Waals surface area contributed by atoms with Gasteiger partial charge in [0.25, 0.3) is 5.91 Å². The van der Waals surface area contributed by atoms with E-state index in [4.69, 9.17) is 0 Å². The number of benzene rings is 3. The van der Waals surface area contributed by atoms with Crippen molar-refractivity contribution in [3.8, 4) is 5.69 Å². The fourth-order valence-corrected chi connectivity index (χ4v) is 3.25. The van der Waals surface area contributed by atoms with Gasteiger partial charge in [0.1, 0.15) is 12.7 Å². The van der Waals surface area contributed by atoms with Crippen molar-refractivity contribution < 1.29 is 4.79 Å². The van der Waals surface area contributed by atoms with Gasteiger partial charge in [-0.15, -0.1) is 0 Å². The van der Waals surface area contributed by atoms with Crippen molar-refractivity contribution in [1.82, 2.24) is 19.7 Å². The molecule has 3 aromatic carbocycles. The summed E-state index contributed by atoms with van der Waals surface area (Å²) in [5.41, 5.74) is 2.73. The highest BCUT2D eigenvalue weighted by Gasteiger charge is 2.20. The molecule has 1 unspecified atom stereocenters. The molecule has 0 aliphatic carbocycles. The van der Waals surface area contributed by atoms with E-state index in [9.17, 15) is 4.79 Å². The van der Waals surface area contributed by atoms with Crippen LogP contribution >= 0.6 is 0 Å². The summed E-state index contributed by atoms with van der Waals surface area (Å²) >= 11 is 0. The first-order valence-corrected chi connectivity index (χ1v) is 8.85. The zero-order chi connectivity index (χ0) is 18.8. The molecule has 0 N–H and O–H groups in total. The number of rotatable bonds is 4. The van der Waals surface area contributed by atoms with Crippen LogP contribution in [0.25, 0.3) is 16.5 Å². The van der Waals surface area contributed by atoms with Gasteiger partial charge in [-0.1, -0.05) is 48.5 Å². The summed E-state index contributed by atoms with van der Waals surface area (Å²) in [6.07, 6.45) is 3.17. The molecule has 1 atom stereocenters. The van der Waals surface area contributed by atoms with Crippen molar-refractivity contribution >= 4 is 16.7 Å². The van der Waals surface area contributed by atoms with Crippen LogP contribution in [0.3, 0.4) is 0 Å². The van der Waals surface area contributed by atoms with Gasteiger partial charge in [0.2, 0.25) is 0 Å². The van der Waals surface area contributed by atoms with Crippen LogP contribution in [0.1, 0.15) is 28.9 Å². The summed E-state index contributed by atoms with van der Waals surface area (Å²) in [5, 5.41) is 6.18. The van der Waals surface area contributed by atoms with Crippen molar-refractivity contribution in [2.75, 3.05) is 7.05 Å². The Morgan fingerprint density at radius 1 is 1.00 bits per heavy atom. The Balaban J connectivity index is 1.59. The van der Waals surface area contributed by atoms with Gasteiger partial charge in [-0.2, -0.15) is 5.10 Å². The number of amides is 1. The van der Waals surface area contributed by atoms with E-state index in [1.165, 1.54) is 6.33 Å². The zero-order valence-electron chi connectivity index (χ0n) is 15.3. The topological polar surface area (TPSA) is 51.0 Å². The molecule has 0 radical (unpaired) electrons. The fraction of sp³-hybridized carbons (Fsp3) is 0.136. The standard InChI is InChI=1S/C22H20N4O/c1-16(17-10-12-19(13-11-17)26-15-23-14-24-26)25(2)22(27)21-9-5-7-18-6-3-4-8-20(18)21/h3-16H,1-2H3. The molecule has 27 heavy (non-hydrogen) atoms. The van der Waals surface area contributed by atoms with Gasteiger partial charge < -0.3 is 4.90 Å². The van der Waals surface area contributed by atoms with Crippen LogP contribution in [0.2, 0.25) is 0 Å². The lowest BCUT2D eigenvalue weighted by molar-refractivity contribution is 0.0744. The maximum absolute atomic E-state index is 13.1. The van der Waals surface area contributed by atoms with Gasteiger partial charge in [-0.3, -0.25) is 4.79 Å². The molecule has 5 heteroatoms. The van der Waals surface area contributed by atoms with Gasteiger partial charge in [0, 0.05) is 12.6 Å². The van der Waals surface area contributed by atoms with E-state index in [-0.39, 0.29) is 11.9 Å². The van der Waals surface area contributed by atoms with Gasteiger partial charge in [-0.25, -0.2) is 9.67 Å². The SMILES string of the molecule is CC(c1ccc(-n2cncn2)cc1)N(C)C(=O)c1cccc2ccccc12. The monoisotopic (exact) mass is 356 g/mol. The molecule has 1 aromatic heterocycles. The summed E-state index contributed by atoms with van der Waals surface area (Å²) in [5.74, 6) is 0.0136. The van der Waals surface area contributed by atoms with E-state index in [2.05, 4.69) is 10.1 Å². The third kappa shape index (κ3) is 3.19. The highest BCUT2D eigenvalue weighted by atomic mass is 16.2. The fourth-order valence-electron chi connectivity index (χ4n) is 3.25. The second kappa shape index (κ2) is 7.03. The van der Waals surface area contributed by atoms with Gasteiger partial charge >= 0.3 is 0 Å². The number of hydrogen-bond donors (Lipinski definition) is 0. The Labute approximate surface area is 157 Å². The van der Waals surface area contributed by atoms with E-state index in [0.717, 1.165) is 27.6 Å². The second-order valence-corrected chi connectivity index (χ2v) is 6.55. The quantitative estimate of drug-likeness (QED) is 0.549. The molecule has 0 saturated heterocycles. The minimum absolute atomic E-state index is 0.0136. The van der Waals surface area contributed by atoms with Crippen LogP contribution in [0.5, 0.6) is 0 Å². The molecule has 0 fully saturated rings. The van der Waals surface area contributed by atoms with Crippen molar-refractivity contribution in [3.05, 3.63) is 90.5 Å². The summed E-state index contributed by atoms with van der Waals surface area (Å²) in [7, 11) is 1.85. The molecule has 0 spiro atoms. The van der Waals surface area contributed by atoms with E-state index in [1.807, 2.05) is 80.7 Å². The number of carbonyl (C=O) groups is 1. The summed E-state index contributed by atoms with van der Waals surface area (Å²) < 4.78 is 1.71. The van der Waals surface area contributed by atoms with E-state index in [0.29, 0.717) is 0 Å². The summed E-state index contributed by atoms with van der Waals surface area (Å²) in [4.78, 5) is 18.9. The lowest BCUT2D eigenvalue weighted by Crippen LogP contribution is -2.29. The second-order valence-electron chi connectivity index (χ2n) is 6.55. The number of hydrogen-bond acceptors (Lipinski definition) is 3. The van der Waals surface area contributed by atoms with Crippen LogP contribution in [-0.4, -0.2) is 32.6 Å². The first-order valence-electron chi connectivity index (χ1n) is 8.85. The van der Waals surface area contributed by atoms with Crippen molar-refractivity contribution in [2.24, 2.45) is 0 Å². The minimum Gasteiger partial charge on any atom is -0.335 e. The predicted molar refractivity (Wildman–Crippen MR) is 106 cm³/mol.